The molecule has 2 aromatic rings. The first-order valence-electron chi connectivity index (χ1n) is 16.3. The topological polar surface area (TPSA) is 38.3 Å². The Labute approximate surface area is 259 Å². The minimum Gasteiger partial charge on any atom is -0.405 e. The summed E-state index contributed by atoms with van der Waals surface area (Å²) in [7, 11) is -2.96. The van der Waals surface area contributed by atoms with Crippen LogP contribution in [0.2, 0.25) is 5.04 Å². The van der Waals surface area contributed by atoms with Crippen LogP contribution < -0.4 is 15.7 Å². The molecule has 1 N–H and O–H groups in total. The number of hydrogen-bond donors (Lipinski definition) is 1. The monoisotopic (exact) mass is 617 g/mol. The van der Waals surface area contributed by atoms with Crippen LogP contribution in [-0.2, 0) is 9.22 Å². The number of halogens is 3. The fraction of sp³-hybridized carbons (Fsp3) is 0.583. The Morgan fingerprint density at radius 3 is 1.63 bits per heavy atom. The lowest BCUT2D eigenvalue weighted by Crippen LogP contribution is -2.67. The molecule has 3 nitrogen and oxygen atoms in total. The number of amides is 1. The van der Waals surface area contributed by atoms with Crippen molar-refractivity contribution in [3.05, 3.63) is 72.8 Å². The van der Waals surface area contributed by atoms with Crippen molar-refractivity contribution in [3.8, 4) is 0 Å². The lowest BCUT2D eigenvalue weighted by molar-refractivity contribution is -0.174. The van der Waals surface area contributed by atoms with Gasteiger partial charge in [0.05, 0.1) is 12.6 Å². The quantitative estimate of drug-likeness (QED) is 0.0914. The number of carbonyl (C=O) groups excluding carboxylic acids is 1. The smallest absolute Gasteiger partial charge is 0.405 e. The molecule has 0 unspecified atom stereocenters. The molecule has 1 amide bonds. The van der Waals surface area contributed by atoms with Crippen molar-refractivity contribution in [1.29, 1.82) is 0 Å². The molecule has 0 aliphatic rings. The van der Waals surface area contributed by atoms with Crippen molar-refractivity contribution in [2.75, 3.05) is 6.61 Å². The van der Waals surface area contributed by atoms with Gasteiger partial charge in [0.2, 0.25) is 0 Å². The molecule has 0 aromatic heterocycles. The van der Waals surface area contributed by atoms with E-state index in [0.29, 0.717) is 0 Å². The van der Waals surface area contributed by atoms with Gasteiger partial charge in [-0.05, 0) is 28.3 Å². The zero-order chi connectivity index (χ0) is 31.6. The third kappa shape index (κ3) is 12.6. The number of alkyl halides is 3. The minimum absolute atomic E-state index is 0.0515. The van der Waals surface area contributed by atoms with Gasteiger partial charge in [0, 0.05) is 0 Å². The van der Waals surface area contributed by atoms with E-state index in [2.05, 4.69) is 33.0 Å². The number of carbonyl (C=O) groups is 1. The van der Waals surface area contributed by atoms with Gasteiger partial charge < -0.3 is 9.74 Å². The van der Waals surface area contributed by atoms with E-state index in [4.69, 9.17) is 4.43 Å². The van der Waals surface area contributed by atoms with E-state index < -0.39 is 26.4 Å². The van der Waals surface area contributed by atoms with Gasteiger partial charge in [-0.25, -0.2) is 0 Å². The van der Waals surface area contributed by atoms with Crippen LogP contribution in [0.1, 0.15) is 111 Å². The second kappa shape index (κ2) is 19.1. The third-order valence-corrected chi connectivity index (χ3v) is 13.1. The Hall–Kier alpha value is -2.38. The van der Waals surface area contributed by atoms with E-state index in [9.17, 15) is 18.0 Å². The van der Waals surface area contributed by atoms with Crippen LogP contribution >= 0.6 is 0 Å². The molecule has 2 aromatic carbocycles. The fourth-order valence-corrected chi connectivity index (χ4v) is 10.3. The molecule has 2 rings (SSSR count). The summed E-state index contributed by atoms with van der Waals surface area (Å²) in [5.74, 6) is -1.95. The first kappa shape index (κ1) is 36.8. The second-order valence-electron chi connectivity index (χ2n) is 12.7. The predicted molar refractivity (Wildman–Crippen MR) is 176 cm³/mol. The largest absolute Gasteiger partial charge is 0.471 e. The summed E-state index contributed by atoms with van der Waals surface area (Å²) in [6.45, 7) is 8.54. The Bertz CT molecular complexity index is 1010. The maximum Gasteiger partial charge on any atom is 0.471 e. The Kier molecular flexibility index (Phi) is 16.3. The molecule has 240 valence electrons. The molecular weight excluding hydrogens is 563 g/mol. The third-order valence-electron chi connectivity index (χ3n) is 8.06. The molecule has 0 bridgehead atoms. The highest BCUT2D eigenvalue weighted by Crippen LogP contribution is 2.37. The van der Waals surface area contributed by atoms with Gasteiger partial charge in [0.25, 0.3) is 8.32 Å². The molecule has 0 spiro atoms. The average molecular weight is 618 g/mol. The van der Waals surface area contributed by atoms with E-state index in [1.54, 1.807) is 6.08 Å². The van der Waals surface area contributed by atoms with Crippen LogP contribution in [0, 0.1) is 0 Å². The molecule has 7 heteroatoms. The number of allylic oxidation sites excluding steroid dienone is 1. The average Bonchev–Trinajstić information content (AvgIpc) is 2.97. The Morgan fingerprint density at radius 2 is 1.21 bits per heavy atom. The number of unbranched alkanes of at least 4 members (excludes halogenated alkanes) is 12. The van der Waals surface area contributed by atoms with Gasteiger partial charge in [-0.1, -0.05) is 171 Å². The molecule has 0 fully saturated rings. The van der Waals surface area contributed by atoms with Gasteiger partial charge in [0.15, 0.2) is 0 Å². The molecule has 0 radical (unpaired) electrons. The Morgan fingerprint density at radius 1 is 0.767 bits per heavy atom. The van der Waals surface area contributed by atoms with E-state index in [1.807, 2.05) is 66.7 Å². The number of rotatable bonds is 20. The van der Waals surface area contributed by atoms with Crippen molar-refractivity contribution < 1.29 is 22.4 Å². The number of hydrogen-bond acceptors (Lipinski definition) is 2. The van der Waals surface area contributed by atoms with Crippen molar-refractivity contribution in [3.63, 3.8) is 0 Å². The lowest BCUT2D eigenvalue weighted by Gasteiger charge is -2.43. The van der Waals surface area contributed by atoms with Crippen molar-refractivity contribution in [2.24, 2.45) is 0 Å². The maximum absolute atomic E-state index is 13.2. The SMILES string of the molecule is CCCCCCCCCCCCCC/C=C/[C@H](CO[Si](c1ccccc1)(c1ccccc1)C(C)(C)C)NC(=O)C(F)(F)F. The summed E-state index contributed by atoms with van der Waals surface area (Å²) in [4.78, 5) is 12.0. The van der Waals surface area contributed by atoms with Gasteiger partial charge >= 0.3 is 12.1 Å². The highest BCUT2D eigenvalue weighted by molar-refractivity contribution is 6.99. The standard InChI is InChI=1S/C36H54F3NO2Si/c1-5-6-7-8-9-10-11-12-13-14-15-16-17-20-25-31(40-34(41)36(37,38)39)30-42-43(35(2,3)4,32-26-21-18-22-27-32)33-28-23-19-24-29-33/h18-29,31H,5-17,30H2,1-4H3,(H,40,41)/b25-20+/t31-/m1/s1. The summed E-state index contributed by atoms with van der Waals surface area (Å²) in [5, 5.41) is 3.92. The first-order chi connectivity index (χ1) is 20.5. The minimum atomic E-state index is -4.96. The van der Waals surface area contributed by atoms with Gasteiger partial charge in [-0.3, -0.25) is 4.79 Å². The van der Waals surface area contributed by atoms with Crippen LogP contribution in [0.4, 0.5) is 13.2 Å². The summed E-state index contributed by atoms with van der Waals surface area (Å²) in [6, 6.07) is 19.0. The fourth-order valence-electron chi connectivity index (χ4n) is 5.74. The normalized spacial score (nSPS) is 13.4. The van der Waals surface area contributed by atoms with Gasteiger partial charge in [-0.15, -0.1) is 0 Å². The van der Waals surface area contributed by atoms with Gasteiger partial charge in [-0.2, -0.15) is 13.2 Å². The molecular formula is C36H54F3NO2Si. The van der Waals surface area contributed by atoms with Crippen molar-refractivity contribution in [1.82, 2.24) is 5.32 Å². The summed E-state index contributed by atoms with van der Waals surface area (Å²) < 4.78 is 46.5. The highest BCUT2D eigenvalue weighted by Gasteiger charge is 2.50. The van der Waals surface area contributed by atoms with E-state index >= 15 is 0 Å². The zero-order valence-electron chi connectivity index (χ0n) is 26.9. The summed E-state index contributed by atoms with van der Waals surface area (Å²) >= 11 is 0. The zero-order valence-corrected chi connectivity index (χ0v) is 27.9. The molecule has 0 aliphatic carbocycles. The van der Waals surface area contributed by atoms with Crippen LogP contribution in [0.25, 0.3) is 0 Å². The first-order valence-corrected chi connectivity index (χ1v) is 18.2. The summed E-state index contributed by atoms with van der Waals surface area (Å²) in [5.41, 5.74) is 0. The van der Waals surface area contributed by atoms with Crippen LogP contribution in [0.5, 0.6) is 0 Å². The maximum atomic E-state index is 13.2. The van der Waals surface area contributed by atoms with E-state index in [1.165, 1.54) is 64.2 Å². The van der Waals surface area contributed by atoms with Crippen LogP contribution in [0.15, 0.2) is 72.8 Å². The molecule has 0 saturated carbocycles. The highest BCUT2D eigenvalue weighted by atomic mass is 28.4. The molecule has 1 atom stereocenters. The molecule has 0 heterocycles. The van der Waals surface area contributed by atoms with Crippen molar-refractivity contribution >= 4 is 24.6 Å². The molecule has 0 aliphatic heterocycles. The number of nitrogens with one attached hydrogen (secondary N) is 1. The van der Waals surface area contributed by atoms with Crippen LogP contribution in [-0.4, -0.2) is 33.0 Å². The van der Waals surface area contributed by atoms with Crippen molar-refractivity contribution in [2.45, 2.75) is 128 Å². The van der Waals surface area contributed by atoms with Crippen LogP contribution in [0.3, 0.4) is 0 Å². The van der Waals surface area contributed by atoms with E-state index in [-0.39, 0.29) is 11.6 Å². The molecule has 0 saturated heterocycles. The van der Waals surface area contributed by atoms with E-state index in [0.717, 1.165) is 29.6 Å². The molecule has 43 heavy (non-hydrogen) atoms. The second-order valence-corrected chi connectivity index (χ2v) is 17.0. The predicted octanol–water partition coefficient (Wildman–Crippen LogP) is 9.26. The lowest BCUT2D eigenvalue weighted by atomic mass is 10.0. The Balaban J connectivity index is 2.02. The van der Waals surface area contributed by atoms with Gasteiger partial charge in [0.1, 0.15) is 0 Å². The number of benzene rings is 2. The summed E-state index contributed by atoms with van der Waals surface area (Å²) in [6.07, 6.45) is 14.4.